The van der Waals surface area contributed by atoms with Gasteiger partial charge in [-0.25, -0.2) is 0 Å². The Hall–Kier alpha value is -1.84. The SMILES string of the molecule is O=C(c1ccc(Cl)cc1)N1CC[C@](O)(c2ccccc2)[C@H]2CCCC[C@H]21. The number of aliphatic hydroxyl groups is 1. The van der Waals surface area contributed by atoms with Gasteiger partial charge in [0.2, 0.25) is 0 Å². The van der Waals surface area contributed by atoms with E-state index in [-0.39, 0.29) is 17.9 Å². The molecule has 1 heterocycles. The first kappa shape index (κ1) is 17.6. The zero-order valence-electron chi connectivity index (χ0n) is 14.8. The van der Waals surface area contributed by atoms with Crippen molar-refractivity contribution in [2.75, 3.05) is 6.54 Å². The highest BCUT2D eigenvalue weighted by atomic mass is 35.5. The van der Waals surface area contributed by atoms with Crippen LogP contribution in [0.1, 0.15) is 48.0 Å². The number of fused-ring (bicyclic) bond motifs is 1. The number of benzene rings is 2. The van der Waals surface area contributed by atoms with Gasteiger partial charge in [0.25, 0.3) is 5.91 Å². The molecule has 1 aliphatic carbocycles. The van der Waals surface area contributed by atoms with E-state index in [9.17, 15) is 9.90 Å². The third-order valence-electron chi connectivity index (χ3n) is 6.10. The number of halogens is 1. The summed E-state index contributed by atoms with van der Waals surface area (Å²) in [6.07, 6.45) is 4.72. The number of piperidine rings is 1. The molecule has 26 heavy (non-hydrogen) atoms. The molecule has 4 heteroatoms. The summed E-state index contributed by atoms with van der Waals surface area (Å²) in [6.45, 7) is 0.577. The number of hydrogen-bond acceptors (Lipinski definition) is 2. The van der Waals surface area contributed by atoms with Crippen LogP contribution in [0.5, 0.6) is 0 Å². The highest BCUT2D eigenvalue weighted by Crippen LogP contribution is 2.47. The second-order valence-corrected chi connectivity index (χ2v) is 7.94. The highest BCUT2D eigenvalue weighted by Gasteiger charge is 2.50. The third-order valence-corrected chi connectivity index (χ3v) is 6.35. The van der Waals surface area contributed by atoms with Crippen molar-refractivity contribution in [3.05, 3.63) is 70.7 Å². The molecule has 0 radical (unpaired) electrons. The maximum absolute atomic E-state index is 13.1. The molecule has 1 aliphatic heterocycles. The van der Waals surface area contributed by atoms with E-state index in [0.29, 0.717) is 23.6 Å². The highest BCUT2D eigenvalue weighted by molar-refractivity contribution is 6.30. The van der Waals surface area contributed by atoms with E-state index in [0.717, 1.165) is 31.2 Å². The van der Waals surface area contributed by atoms with E-state index in [4.69, 9.17) is 11.6 Å². The summed E-state index contributed by atoms with van der Waals surface area (Å²) < 4.78 is 0. The van der Waals surface area contributed by atoms with Crippen molar-refractivity contribution >= 4 is 17.5 Å². The van der Waals surface area contributed by atoms with Crippen molar-refractivity contribution < 1.29 is 9.90 Å². The zero-order chi connectivity index (χ0) is 18.1. The first-order chi connectivity index (χ1) is 12.6. The van der Waals surface area contributed by atoms with E-state index < -0.39 is 5.60 Å². The van der Waals surface area contributed by atoms with Crippen LogP contribution in [0, 0.1) is 5.92 Å². The fraction of sp³-hybridized carbons (Fsp3) is 0.409. The molecule has 136 valence electrons. The Morgan fingerprint density at radius 1 is 1.04 bits per heavy atom. The molecular weight excluding hydrogens is 346 g/mol. The monoisotopic (exact) mass is 369 g/mol. The van der Waals surface area contributed by atoms with Crippen LogP contribution < -0.4 is 0 Å². The Morgan fingerprint density at radius 3 is 2.46 bits per heavy atom. The van der Waals surface area contributed by atoms with Gasteiger partial charge in [-0.15, -0.1) is 0 Å². The van der Waals surface area contributed by atoms with Gasteiger partial charge in [-0.2, -0.15) is 0 Å². The van der Waals surface area contributed by atoms with Crippen molar-refractivity contribution in [2.45, 2.75) is 43.7 Å². The number of amides is 1. The zero-order valence-corrected chi connectivity index (χ0v) is 15.5. The number of carbonyl (C=O) groups is 1. The van der Waals surface area contributed by atoms with Crippen molar-refractivity contribution in [1.82, 2.24) is 4.90 Å². The lowest BCUT2D eigenvalue weighted by atomic mass is 9.66. The number of likely N-dealkylation sites (tertiary alicyclic amines) is 1. The van der Waals surface area contributed by atoms with Crippen molar-refractivity contribution in [3.8, 4) is 0 Å². The van der Waals surface area contributed by atoms with E-state index in [1.165, 1.54) is 0 Å². The fourth-order valence-electron chi connectivity index (χ4n) is 4.78. The average Bonchev–Trinajstić information content (AvgIpc) is 2.69. The number of rotatable bonds is 2. The Balaban J connectivity index is 1.64. The lowest BCUT2D eigenvalue weighted by Gasteiger charge is -2.52. The molecule has 0 aromatic heterocycles. The molecule has 0 spiro atoms. The molecule has 0 bridgehead atoms. The molecule has 4 rings (SSSR count). The van der Waals surface area contributed by atoms with E-state index in [2.05, 4.69) is 0 Å². The number of carbonyl (C=O) groups excluding carboxylic acids is 1. The first-order valence-corrected chi connectivity index (χ1v) is 9.82. The van der Waals surface area contributed by atoms with Gasteiger partial charge < -0.3 is 10.0 Å². The second kappa shape index (κ2) is 7.05. The molecule has 1 saturated heterocycles. The van der Waals surface area contributed by atoms with Gasteiger partial charge in [0, 0.05) is 29.1 Å². The maximum Gasteiger partial charge on any atom is 0.254 e. The van der Waals surface area contributed by atoms with Crippen LogP contribution in [0.25, 0.3) is 0 Å². The van der Waals surface area contributed by atoms with Crippen LogP contribution in [0.4, 0.5) is 0 Å². The van der Waals surface area contributed by atoms with E-state index in [1.54, 1.807) is 24.3 Å². The summed E-state index contributed by atoms with van der Waals surface area (Å²) in [4.78, 5) is 15.1. The molecule has 2 aliphatic rings. The van der Waals surface area contributed by atoms with Gasteiger partial charge in [-0.3, -0.25) is 4.79 Å². The number of nitrogens with zero attached hydrogens (tertiary/aromatic N) is 1. The fourth-order valence-corrected chi connectivity index (χ4v) is 4.91. The van der Waals surface area contributed by atoms with Crippen LogP contribution in [0.15, 0.2) is 54.6 Å². The lowest BCUT2D eigenvalue weighted by molar-refractivity contribution is -0.110. The van der Waals surface area contributed by atoms with Crippen LogP contribution in [0.2, 0.25) is 5.02 Å². The Morgan fingerprint density at radius 2 is 1.73 bits per heavy atom. The lowest BCUT2D eigenvalue weighted by Crippen LogP contribution is -2.58. The topological polar surface area (TPSA) is 40.5 Å². The van der Waals surface area contributed by atoms with Crippen LogP contribution in [-0.4, -0.2) is 28.5 Å². The average molecular weight is 370 g/mol. The van der Waals surface area contributed by atoms with Gasteiger partial charge in [-0.05, 0) is 49.1 Å². The molecule has 2 aromatic rings. The molecule has 1 saturated carbocycles. The second-order valence-electron chi connectivity index (χ2n) is 7.50. The molecule has 1 amide bonds. The molecule has 3 atom stereocenters. The van der Waals surface area contributed by atoms with Gasteiger partial charge in [0.1, 0.15) is 0 Å². The quantitative estimate of drug-likeness (QED) is 0.838. The summed E-state index contributed by atoms with van der Waals surface area (Å²) in [5.41, 5.74) is 0.808. The molecule has 1 N–H and O–H groups in total. The molecule has 3 nitrogen and oxygen atoms in total. The third kappa shape index (κ3) is 3.04. The van der Waals surface area contributed by atoms with Crippen LogP contribution in [-0.2, 0) is 5.60 Å². The number of hydrogen-bond donors (Lipinski definition) is 1. The van der Waals surface area contributed by atoms with Crippen LogP contribution in [0.3, 0.4) is 0 Å². The van der Waals surface area contributed by atoms with E-state index >= 15 is 0 Å². The van der Waals surface area contributed by atoms with Crippen LogP contribution >= 0.6 is 11.6 Å². The summed E-state index contributed by atoms with van der Waals surface area (Å²) >= 11 is 5.96. The first-order valence-electron chi connectivity index (χ1n) is 9.44. The minimum Gasteiger partial charge on any atom is -0.385 e. The summed E-state index contributed by atoms with van der Waals surface area (Å²) in [6, 6.07) is 17.2. The largest absolute Gasteiger partial charge is 0.385 e. The summed E-state index contributed by atoms with van der Waals surface area (Å²) in [5.74, 6) is 0.136. The predicted molar refractivity (Wildman–Crippen MR) is 103 cm³/mol. The van der Waals surface area contributed by atoms with Crippen molar-refractivity contribution in [2.24, 2.45) is 5.92 Å². The summed E-state index contributed by atoms with van der Waals surface area (Å²) in [5, 5.41) is 12.2. The molecule has 0 unspecified atom stereocenters. The molecule has 2 fully saturated rings. The Labute approximate surface area is 159 Å². The van der Waals surface area contributed by atoms with Gasteiger partial charge in [-0.1, -0.05) is 54.8 Å². The standard InChI is InChI=1S/C22H24ClNO2/c23-18-12-10-16(11-13-18)21(25)24-15-14-22(26,17-6-2-1-3-7-17)19-8-4-5-9-20(19)24/h1-3,6-7,10-13,19-20,26H,4-5,8-9,14-15H2/t19-,20+,22-/m0/s1. The van der Waals surface area contributed by atoms with Crippen molar-refractivity contribution in [3.63, 3.8) is 0 Å². The normalized spacial score (nSPS) is 28.5. The van der Waals surface area contributed by atoms with E-state index in [1.807, 2.05) is 35.2 Å². The molecular formula is C22H24ClNO2. The molecule has 2 aromatic carbocycles. The minimum absolute atomic E-state index is 0.0497. The Bertz CT molecular complexity index is 776. The predicted octanol–water partition coefficient (Wildman–Crippen LogP) is 4.63. The van der Waals surface area contributed by atoms with Crippen molar-refractivity contribution in [1.29, 1.82) is 0 Å². The van der Waals surface area contributed by atoms with Gasteiger partial charge in [0.15, 0.2) is 0 Å². The van der Waals surface area contributed by atoms with Gasteiger partial charge >= 0.3 is 0 Å². The maximum atomic E-state index is 13.1. The summed E-state index contributed by atoms with van der Waals surface area (Å²) in [7, 11) is 0. The smallest absolute Gasteiger partial charge is 0.254 e. The Kier molecular flexibility index (Phi) is 4.76. The van der Waals surface area contributed by atoms with Gasteiger partial charge in [0.05, 0.1) is 5.60 Å². The minimum atomic E-state index is -0.844.